The summed E-state index contributed by atoms with van der Waals surface area (Å²) in [5.41, 5.74) is 1.50. The van der Waals surface area contributed by atoms with E-state index in [2.05, 4.69) is 10.3 Å². The first-order valence-electron chi connectivity index (χ1n) is 16.7. The van der Waals surface area contributed by atoms with Crippen LogP contribution in [0.5, 0.6) is 5.75 Å². The highest BCUT2D eigenvalue weighted by atomic mass is 19.4. The quantitative estimate of drug-likeness (QED) is 0.163. The Morgan fingerprint density at radius 1 is 1.02 bits per heavy atom. The number of aromatic nitrogens is 1. The second-order valence-corrected chi connectivity index (χ2v) is 12.9. The molecule has 272 valence electrons. The number of fused-ring (bicyclic) bond motifs is 1. The number of nitrogens with zero attached hydrogens (tertiary/aromatic N) is 3. The van der Waals surface area contributed by atoms with Crippen molar-refractivity contribution in [3.63, 3.8) is 0 Å². The van der Waals surface area contributed by atoms with Crippen LogP contribution in [0, 0.1) is 5.92 Å². The van der Waals surface area contributed by atoms with Crippen molar-refractivity contribution in [1.29, 1.82) is 0 Å². The minimum absolute atomic E-state index is 0.000249. The van der Waals surface area contributed by atoms with Gasteiger partial charge < -0.3 is 34.4 Å². The van der Waals surface area contributed by atoms with Gasteiger partial charge in [0, 0.05) is 37.7 Å². The normalized spacial score (nSPS) is 20.9. The third-order valence-electron chi connectivity index (χ3n) is 9.10. The van der Waals surface area contributed by atoms with Crippen molar-refractivity contribution < 1.29 is 46.5 Å². The van der Waals surface area contributed by atoms with Crippen molar-refractivity contribution in [2.45, 2.75) is 49.9 Å². The zero-order valence-electron chi connectivity index (χ0n) is 27.7. The smallest absolute Gasteiger partial charge is 0.405 e. The number of carbonyl (C=O) groups excluding carboxylic acids is 2. The lowest BCUT2D eigenvalue weighted by atomic mass is 9.90. The summed E-state index contributed by atoms with van der Waals surface area (Å²) in [7, 11) is 0. The van der Waals surface area contributed by atoms with E-state index in [0.29, 0.717) is 35.1 Å². The zero-order chi connectivity index (χ0) is 36.0. The van der Waals surface area contributed by atoms with Gasteiger partial charge >= 0.3 is 6.18 Å². The number of benzene rings is 2. The molecule has 2 amide bonds. The molecule has 2 aliphatic heterocycles. The molecule has 6 rings (SSSR count). The standard InChI is InChI=1S/C36H40F3N5O7/c37-36(38,39)21-41-35(48)28-19-43(18-26-10-11-31(51-26)32-16-40-22-50-32)12-13-44(28)17-25(45)15-24(14-23-6-2-1-3-7-23)34(47)42-33-27-8-4-5-9-30(27)49-20-29(33)46/h1-11,16,22,24-25,28-29,33,45-46H,12-15,17-21H2,(H,41,48)(H,42,47)/t24-,25+,28+,29-,33+/m1/s1. The summed E-state index contributed by atoms with van der Waals surface area (Å²) in [5.74, 6) is 0.0926. The van der Waals surface area contributed by atoms with E-state index in [0.717, 1.165) is 5.56 Å². The summed E-state index contributed by atoms with van der Waals surface area (Å²) in [6.07, 6.45) is -3.64. The molecule has 0 saturated carbocycles. The number of piperazine rings is 1. The van der Waals surface area contributed by atoms with E-state index in [4.69, 9.17) is 13.6 Å². The number of aliphatic hydroxyl groups is 2. The maximum atomic E-state index is 13.9. The van der Waals surface area contributed by atoms with Crippen molar-refractivity contribution in [2.24, 2.45) is 5.92 Å². The Hall–Kier alpha value is -4.70. The first kappa shape index (κ1) is 36.1. The first-order valence-corrected chi connectivity index (χ1v) is 16.7. The van der Waals surface area contributed by atoms with Crippen molar-refractivity contribution in [1.82, 2.24) is 25.4 Å². The van der Waals surface area contributed by atoms with Crippen molar-refractivity contribution in [3.8, 4) is 17.3 Å². The summed E-state index contributed by atoms with van der Waals surface area (Å²) < 4.78 is 56.0. The molecule has 2 aliphatic rings. The summed E-state index contributed by atoms with van der Waals surface area (Å²) in [4.78, 5) is 34.5. The molecule has 0 bridgehead atoms. The Bertz CT molecular complexity index is 1740. The number of β-amino-alcohol motifs (C(OH)–C–C–N with tert-alkyl or cyclic N) is 1. The lowest BCUT2D eigenvalue weighted by molar-refractivity contribution is -0.143. The molecule has 51 heavy (non-hydrogen) atoms. The van der Waals surface area contributed by atoms with Gasteiger partial charge in [0.15, 0.2) is 17.9 Å². The minimum Gasteiger partial charge on any atom is -0.490 e. The number of hydrogen-bond acceptors (Lipinski definition) is 10. The molecule has 0 aliphatic carbocycles. The van der Waals surface area contributed by atoms with Gasteiger partial charge in [-0.3, -0.25) is 19.4 Å². The Balaban J connectivity index is 1.15. The Labute approximate surface area is 292 Å². The number of amides is 2. The van der Waals surface area contributed by atoms with Crippen molar-refractivity contribution in [3.05, 3.63) is 96.2 Å². The number of ether oxygens (including phenoxy) is 1. The molecule has 1 saturated heterocycles. The van der Waals surface area contributed by atoms with Crippen LogP contribution in [-0.4, -0.2) is 101 Å². The molecule has 12 nitrogen and oxygen atoms in total. The third-order valence-corrected chi connectivity index (χ3v) is 9.10. The molecular weight excluding hydrogens is 671 g/mol. The van der Waals surface area contributed by atoms with Crippen molar-refractivity contribution in [2.75, 3.05) is 39.3 Å². The molecule has 0 spiro atoms. The average molecular weight is 712 g/mol. The molecule has 0 unspecified atom stereocenters. The SMILES string of the molecule is O=C(N[C@H]1c2ccccc2OC[C@H]1O)[C@H](Cc1ccccc1)C[C@H](O)CN1CCN(Cc2ccc(-c3cnco3)o2)C[C@H]1C(=O)NCC(F)(F)F. The minimum atomic E-state index is -4.60. The summed E-state index contributed by atoms with van der Waals surface area (Å²) >= 11 is 0. The summed E-state index contributed by atoms with van der Waals surface area (Å²) in [6.45, 7) is -0.494. The lowest BCUT2D eigenvalue weighted by Gasteiger charge is -2.41. The first-order chi connectivity index (χ1) is 24.5. The highest BCUT2D eigenvalue weighted by Crippen LogP contribution is 2.33. The van der Waals surface area contributed by atoms with E-state index in [1.165, 1.54) is 12.6 Å². The van der Waals surface area contributed by atoms with Gasteiger partial charge in [-0.1, -0.05) is 48.5 Å². The predicted octanol–water partition coefficient (Wildman–Crippen LogP) is 3.32. The molecule has 4 N–H and O–H groups in total. The van der Waals surface area contributed by atoms with Crippen LogP contribution in [0.15, 0.2) is 88.2 Å². The molecule has 5 atom stereocenters. The Kier molecular flexibility index (Phi) is 11.4. The molecule has 1 fully saturated rings. The second-order valence-electron chi connectivity index (χ2n) is 12.9. The van der Waals surface area contributed by atoms with Gasteiger partial charge in [0.05, 0.1) is 24.9 Å². The topological polar surface area (TPSA) is 154 Å². The second kappa shape index (κ2) is 16.1. The fourth-order valence-corrected chi connectivity index (χ4v) is 6.59. The number of hydrogen-bond donors (Lipinski definition) is 4. The largest absolute Gasteiger partial charge is 0.490 e. The van der Waals surface area contributed by atoms with E-state index in [9.17, 15) is 33.0 Å². The molecule has 0 radical (unpaired) electrons. The highest BCUT2D eigenvalue weighted by molar-refractivity contribution is 5.82. The number of furan rings is 1. The van der Waals surface area contributed by atoms with E-state index in [1.807, 2.05) is 40.5 Å². The van der Waals surface area contributed by atoms with Crippen LogP contribution in [0.4, 0.5) is 13.2 Å². The number of aliphatic hydroxyl groups excluding tert-OH is 2. The molecule has 4 aromatic rings. The fourth-order valence-electron chi connectivity index (χ4n) is 6.59. The predicted molar refractivity (Wildman–Crippen MR) is 177 cm³/mol. The van der Waals surface area contributed by atoms with Gasteiger partial charge in [0.2, 0.25) is 11.8 Å². The number of nitrogens with one attached hydrogen (secondary N) is 2. The van der Waals surface area contributed by atoms with Crippen LogP contribution in [0.2, 0.25) is 0 Å². The van der Waals surface area contributed by atoms with Gasteiger partial charge in [0.1, 0.15) is 36.8 Å². The van der Waals surface area contributed by atoms with E-state index in [-0.39, 0.29) is 51.5 Å². The average Bonchev–Trinajstić information content (AvgIpc) is 3.82. The number of alkyl halides is 3. The zero-order valence-corrected chi connectivity index (χ0v) is 27.7. The number of oxazole rings is 1. The van der Waals surface area contributed by atoms with Gasteiger partial charge in [-0.2, -0.15) is 13.2 Å². The van der Waals surface area contributed by atoms with E-state index >= 15 is 0 Å². The lowest BCUT2D eigenvalue weighted by Crippen LogP contribution is -2.60. The van der Waals surface area contributed by atoms with Crippen LogP contribution in [0.1, 0.15) is 29.3 Å². The fraction of sp³-hybridized carbons (Fsp3) is 0.417. The maximum Gasteiger partial charge on any atom is 0.405 e. The van der Waals surface area contributed by atoms with Gasteiger partial charge in [-0.25, -0.2) is 4.98 Å². The van der Waals surface area contributed by atoms with Crippen LogP contribution in [0.25, 0.3) is 11.5 Å². The summed E-state index contributed by atoms with van der Waals surface area (Å²) in [5, 5.41) is 27.1. The Morgan fingerprint density at radius 3 is 2.57 bits per heavy atom. The maximum absolute atomic E-state index is 13.9. The number of para-hydroxylation sites is 1. The van der Waals surface area contributed by atoms with Crippen molar-refractivity contribution >= 4 is 11.8 Å². The summed E-state index contributed by atoms with van der Waals surface area (Å²) in [6, 6.07) is 18.1. The van der Waals surface area contributed by atoms with E-state index in [1.54, 1.807) is 41.3 Å². The van der Waals surface area contributed by atoms with Crippen LogP contribution < -0.4 is 15.4 Å². The van der Waals surface area contributed by atoms with Crippen LogP contribution >= 0.6 is 0 Å². The van der Waals surface area contributed by atoms with Gasteiger partial charge in [-0.05, 0) is 36.6 Å². The monoisotopic (exact) mass is 711 g/mol. The molecule has 15 heteroatoms. The molecule has 2 aromatic carbocycles. The number of rotatable bonds is 13. The number of carbonyl (C=O) groups is 2. The van der Waals surface area contributed by atoms with Gasteiger partial charge in [0.25, 0.3) is 0 Å². The Morgan fingerprint density at radius 2 is 1.80 bits per heavy atom. The molecule has 4 heterocycles. The van der Waals surface area contributed by atoms with Gasteiger partial charge in [-0.15, -0.1) is 0 Å². The highest BCUT2D eigenvalue weighted by Gasteiger charge is 2.38. The molecule has 2 aromatic heterocycles. The van der Waals surface area contributed by atoms with Crippen LogP contribution in [-0.2, 0) is 22.6 Å². The molecular formula is C36H40F3N5O7. The number of halogens is 3. The third kappa shape index (κ3) is 9.55. The van der Waals surface area contributed by atoms with Crippen LogP contribution in [0.3, 0.4) is 0 Å². The van der Waals surface area contributed by atoms with E-state index < -0.39 is 48.8 Å².